The third-order valence-corrected chi connectivity index (χ3v) is 3.19. The summed E-state index contributed by atoms with van der Waals surface area (Å²) in [6.45, 7) is 4.22. The molecule has 0 aliphatic heterocycles. The second kappa shape index (κ2) is 8.27. The molecule has 1 aromatic heterocycles. The fourth-order valence-electron chi connectivity index (χ4n) is 2.01. The van der Waals surface area contributed by atoms with Gasteiger partial charge in [0.05, 0.1) is 5.69 Å². The largest absolute Gasteiger partial charge is 0.446 e. The van der Waals surface area contributed by atoms with Gasteiger partial charge in [-0.05, 0) is 32.6 Å². The van der Waals surface area contributed by atoms with Crippen molar-refractivity contribution in [2.75, 3.05) is 13.2 Å². The minimum atomic E-state index is 0.0269. The molecule has 4 heteroatoms. The molecule has 0 saturated heterocycles. The van der Waals surface area contributed by atoms with Crippen molar-refractivity contribution in [1.29, 1.82) is 0 Å². The Bertz CT molecular complexity index is 332. The molecule has 1 heterocycles. The first-order chi connectivity index (χ1) is 8.71. The molecule has 0 aliphatic carbocycles. The van der Waals surface area contributed by atoms with Crippen LogP contribution < -0.4 is 0 Å². The van der Waals surface area contributed by atoms with Gasteiger partial charge in [-0.25, -0.2) is 4.98 Å². The van der Waals surface area contributed by atoms with E-state index in [2.05, 4.69) is 11.9 Å². The summed E-state index contributed by atoms with van der Waals surface area (Å²) in [4.78, 5) is 4.49. The lowest BCUT2D eigenvalue weighted by molar-refractivity contribution is 0.141. The molecule has 0 radical (unpaired) electrons. The zero-order valence-electron chi connectivity index (χ0n) is 11.5. The first kappa shape index (κ1) is 15.2. The van der Waals surface area contributed by atoms with Crippen LogP contribution in [-0.2, 0) is 12.8 Å². The minimum absolute atomic E-state index is 0.0269. The smallest absolute Gasteiger partial charge is 0.194 e. The Morgan fingerprint density at radius 3 is 2.50 bits per heavy atom. The Balaban J connectivity index is 2.30. The van der Waals surface area contributed by atoms with E-state index in [9.17, 15) is 0 Å². The van der Waals surface area contributed by atoms with Gasteiger partial charge >= 0.3 is 0 Å². The molecule has 0 spiro atoms. The van der Waals surface area contributed by atoms with Gasteiger partial charge in [0.25, 0.3) is 0 Å². The number of rotatable bonds is 9. The van der Waals surface area contributed by atoms with Crippen molar-refractivity contribution in [3.63, 3.8) is 0 Å². The summed E-state index contributed by atoms with van der Waals surface area (Å²) in [5.41, 5.74) is 1.06. The van der Waals surface area contributed by atoms with Crippen LogP contribution in [0.5, 0.6) is 0 Å². The molecule has 1 aromatic rings. The summed E-state index contributed by atoms with van der Waals surface area (Å²) in [5.74, 6) is 1.80. The number of aliphatic hydroxyl groups is 2. The van der Waals surface area contributed by atoms with Crippen molar-refractivity contribution in [1.82, 2.24) is 4.98 Å². The predicted molar refractivity (Wildman–Crippen MR) is 70.5 cm³/mol. The number of hydrogen-bond acceptors (Lipinski definition) is 4. The molecule has 0 aliphatic rings. The molecule has 0 bridgehead atoms. The predicted octanol–water partition coefficient (Wildman–Crippen LogP) is 2.25. The number of nitrogens with zero attached hydrogens (tertiary/aromatic N) is 1. The highest BCUT2D eigenvalue weighted by Gasteiger charge is 2.09. The van der Waals surface area contributed by atoms with Gasteiger partial charge < -0.3 is 14.6 Å². The first-order valence-corrected chi connectivity index (χ1v) is 6.88. The van der Waals surface area contributed by atoms with Gasteiger partial charge in [0.15, 0.2) is 5.89 Å². The summed E-state index contributed by atoms with van der Waals surface area (Å²) in [5, 5.41) is 17.9. The van der Waals surface area contributed by atoms with Crippen molar-refractivity contribution in [2.45, 2.75) is 52.4 Å². The number of unbranched alkanes of at least 4 members (excludes halogenated alkanes) is 1. The van der Waals surface area contributed by atoms with E-state index in [4.69, 9.17) is 14.6 Å². The standard InChI is InChI=1S/C14H25NO3/c1-3-6-14-15-13(11(2)18-14)8-5-4-7-12(9-16)10-17/h12,16-17H,3-10H2,1-2H3. The van der Waals surface area contributed by atoms with E-state index in [1.807, 2.05) is 6.92 Å². The van der Waals surface area contributed by atoms with Crippen molar-refractivity contribution in [3.8, 4) is 0 Å². The highest BCUT2D eigenvalue weighted by atomic mass is 16.4. The molecule has 0 unspecified atom stereocenters. The maximum Gasteiger partial charge on any atom is 0.194 e. The summed E-state index contributed by atoms with van der Waals surface area (Å²) in [6.07, 6.45) is 5.76. The average molecular weight is 255 g/mol. The van der Waals surface area contributed by atoms with E-state index in [0.717, 1.165) is 55.9 Å². The SMILES string of the molecule is CCCc1nc(CCCCC(CO)CO)c(C)o1. The first-order valence-electron chi connectivity index (χ1n) is 6.88. The molecule has 104 valence electrons. The van der Waals surface area contributed by atoms with Gasteiger partial charge in [-0.3, -0.25) is 0 Å². The molecule has 4 nitrogen and oxygen atoms in total. The fourth-order valence-corrected chi connectivity index (χ4v) is 2.01. The third-order valence-electron chi connectivity index (χ3n) is 3.19. The molecule has 0 atom stereocenters. The van der Waals surface area contributed by atoms with Crippen LogP contribution in [0.3, 0.4) is 0 Å². The van der Waals surface area contributed by atoms with Crippen LogP contribution in [0.15, 0.2) is 4.42 Å². The van der Waals surface area contributed by atoms with E-state index in [1.165, 1.54) is 0 Å². The third kappa shape index (κ3) is 4.78. The average Bonchev–Trinajstić information content (AvgIpc) is 2.71. The van der Waals surface area contributed by atoms with Crippen LogP contribution in [0.25, 0.3) is 0 Å². The molecular weight excluding hydrogens is 230 g/mol. The molecule has 1 rings (SSSR count). The topological polar surface area (TPSA) is 66.5 Å². The Labute approximate surface area is 109 Å². The highest BCUT2D eigenvalue weighted by Crippen LogP contribution is 2.15. The van der Waals surface area contributed by atoms with E-state index in [-0.39, 0.29) is 19.1 Å². The molecule has 18 heavy (non-hydrogen) atoms. The van der Waals surface area contributed by atoms with Crippen molar-refractivity contribution in [3.05, 3.63) is 17.3 Å². The molecule has 0 aromatic carbocycles. The second-order valence-electron chi connectivity index (χ2n) is 4.84. The highest BCUT2D eigenvalue weighted by molar-refractivity contribution is 5.08. The number of aliphatic hydroxyl groups excluding tert-OH is 2. The van der Waals surface area contributed by atoms with Gasteiger partial charge in [-0.1, -0.05) is 13.3 Å². The molecule has 0 amide bonds. The summed E-state index contributed by atoms with van der Waals surface area (Å²) < 4.78 is 5.58. The lowest BCUT2D eigenvalue weighted by Crippen LogP contribution is -2.10. The zero-order valence-corrected chi connectivity index (χ0v) is 11.5. The van der Waals surface area contributed by atoms with Gasteiger partial charge in [0.2, 0.25) is 0 Å². The number of aromatic nitrogens is 1. The molecule has 2 N–H and O–H groups in total. The lowest BCUT2D eigenvalue weighted by Gasteiger charge is -2.09. The Kier molecular flexibility index (Phi) is 6.98. The van der Waals surface area contributed by atoms with Gasteiger partial charge in [0, 0.05) is 25.6 Å². The maximum absolute atomic E-state index is 8.96. The van der Waals surface area contributed by atoms with Crippen LogP contribution in [0.2, 0.25) is 0 Å². The summed E-state index contributed by atoms with van der Waals surface area (Å²) in [7, 11) is 0. The fraction of sp³-hybridized carbons (Fsp3) is 0.786. The van der Waals surface area contributed by atoms with E-state index >= 15 is 0 Å². The Hall–Kier alpha value is -0.870. The van der Waals surface area contributed by atoms with Gasteiger partial charge in [0.1, 0.15) is 5.76 Å². The molecular formula is C14H25NO3. The Morgan fingerprint density at radius 1 is 1.17 bits per heavy atom. The number of aryl methyl sites for hydroxylation is 3. The van der Waals surface area contributed by atoms with E-state index in [1.54, 1.807) is 0 Å². The number of oxazole rings is 1. The van der Waals surface area contributed by atoms with Crippen molar-refractivity contribution in [2.24, 2.45) is 5.92 Å². The normalized spacial score (nSPS) is 11.4. The van der Waals surface area contributed by atoms with Crippen LogP contribution in [-0.4, -0.2) is 28.4 Å². The van der Waals surface area contributed by atoms with E-state index in [0.29, 0.717) is 0 Å². The molecule has 0 saturated carbocycles. The quantitative estimate of drug-likeness (QED) is 0.664. The van der Waals surface area contributed by atoms with Crippen molar-refractivity contribution >= 4 is 0 Å². The van der Waals surface area contributed by atoms with Crippen LogP contribution in [0, 0.1) is 12.8 Å². The zero-order chi connectivity index (χ0) is 13.4. The number of hydrogen-bond donors (Lipinski definition) is 2. The van der Waals surface area contributed by atoms with Crippen LogP contribution in [0.4, 0.5) is 0 Å². The van der Waals surface area contributed by atoms with Crippen LogP contribution >= 0.6 is 0 Å². The van der Waals surface area contributed by atoms with Crippen LogP contribution in [0.1, 0.15) is 50.0 Å². The summed E-state index contributed by atoms with van der Waals surface area (Å²) >= 11 is 0. The summed E-state index contributed by atoms with van der Waals surface area (Å²) in [6, 6.07) is 0. The Morgan fingerprint density at radius 2 is 1.89 bits per heavy atom. The van der Waals surface area contributed by atoms with Crippen molar-refractivity contribution < 1.29 is 14.6 Å². The van der Waals surface area contributed by atoms with Gasteiger partial charge in [-0.15, -0.1) is 0 Å². The minimum Gasteiger partial charge on any atom is -0.446 e. The lowest BCUT2D eigenvalue weighted by atomic mass is 10.0. The van der Waals surface area contributed by atoms with E-state index < -0.39 is 0 Å². The van der Waals surface area contributed by atoms with Gasteiger partial charge in [-0.2, -0.15) is 0 Å². The maximum atomic E-state index is 8.96. The second-order valence-corrected chi connectivity index (χ2v) is 4.84. The monoisotopic (exact) mass is 255 g/mol. The molecule has 0 fully saturated rings.